The van der Waals surface area contributed by atoms with Crippen LogP contribution in [0.4, 0.5) is 0 Å². The fourth-order valence-corrected chi connectivity index (χ4v) is 1.67. The molecule has 1 fully saturated rings. The highest BCUT2D eigenvalue weighted by Gasteiger charge is 2.19. The summed E-state index contributed by atoms with van der Waals surface area (Å²) in [5.41, 5.74) is -1.31. The highest BCUT2D eigenvalue weighted by atomic mass is 16.3. The normalized spacial score (nSPS) is 25.3. The maximum atomic E-state index is 9.27. The molecule has 1 rings (SSSR count). The zero-order valence-corrected chi connectivity index (χ0v) is 12.2. The summed E-state index contributed by atoms with van der Waals surface area (Å²) in [5.74, 6) is 0. The lowest BCUT2D eigenvalue weighted by Gasteiger charge is -2.23. The van der Waals surface area contributed by atoms with Gasteiger partial charge >= 0.3 is 0 Å². The van der Waals surface area contributed by atoms with Gasteiger partial charge in [-0.2, -0.15) is 0 Å². The van der Waals surface area contributed by atoms with Crippen molar-refractivity contribution in [1.29, 1.82) is 0 Å². The highest BCUT2D eigenvalue weighted by molar-refractivity contribution is 4.72. The van der Waals surface area contributed by atoms with Crippen LogP contribution in [0.2, 0.25) is 0 Å². The molecular weight excluding hydrogens is 232 g/mol. The number of aliphatic hydroxyl groups is 4. The summed E-state index contributed by atoms with van der Waals surface area (Å²) < 4.78 is 0. The number of aliphatic hydroxyl groups excluding tert-OH is 2. The van der Waals surface area contributed by atoms with Crippen LogP contribution in [0, 0.1) is 0 Å². The van der Waals surface area contributed by atoms with Crippen LogP contribution in [-0.2, 0) is 0 Å². The van der Waals surface area contributed by atoms with Gasteiger partial charge in [0.1, 0.15) is 0 Å². The van der Waals surface area contributed by atoms with Crippen LogP contribution in [0.25, 0.3) is 0 Å². The molecule has 0 bridgehead atoms. The van der Waals surface area contributed by atoms with E-state index in [0.29, 0.717) is 12.8 Å². The van der Waals surface area contributed by atoms with Crippen LogP contribution in [0.15, 0.2) is 0 Å². The van der Waals surface area contributed by atoms with E-state index in [0.717, 1.165) is 25.7 Å². The summed E-state index contributed by atoms with van der Waals surface area (Å²) in [6.45, 7) is 7.00. The Labute approximate surface area is 111 Å². The molecule has 0 aromatic carbocycles. The van der Waals surface area contributed by atoms with Crippen molar-refractivity contribution in [2.24, 2.45) is 0 Å². The van der Waals surface area contributed by atoms with Crippen LogP contribution in [-0.4, -0.2) is 43.8 Å². The third kappa shape index (κ3) is 12.3. The van der Waals surface area contributed by atoms with E-state index in [1.54, 1.807) is 27.7 Å². The van der Waals surface area contributed by atoms with E-state index >= 15 is 0 Å². The van der Waals surface area contributed by atoms with E-state index in [1.807, 2.05) is 0 Å². The zero-order valence-electron chi connectivity index (χ0n) is 12.2. The summed E-state index contributed by atoms with van der Waals surface area (Å²) in [4.78, 5) is 0. The molecule has 0 amide bonds. The van der Waals surface area contributed by atoms with Crippen molar-refractivity contribution in [2.75, 3.05) is 0 Å². The molecule has 4 nitrogen and oxygen atoms in total. The molecule has 0 radical (unpaired) electrons. The first-order valence-electron chi connectivity index (χ1n) is 6.80. The van der Waals surface area contributed by atoms with Crippen molar-refractivity contribution in [3.05, 3.63) is 0 Å². The molecule has 0 atom stereocenters. The van der Waals surface area contributed by atoms with Gasteiger partial charge in [-0.15, -0.1) is 0 Å². The SMILES string of the molecule is CC(C)(O)CCC(C)(C)O.OC1CCC(O)CC1. The molecule has 0 aliphatic heterocycles. The maximum absolute atomic E-state index is 9.27. The molecule has 0 aromatic heterocycles. The van der Waals surface area contributed by atoms with Crippen molar-refractivity contribution in [2.45, 2.75) is 89.6 Å². The van der Waals surface area contributed by atoms with Gasteiger partial charge in [-0.25, -0.2) is 0 Å². The summed E-state index contributed by atoms with van der Waals surface area (Å²) in [6, 6.07) is 0. The number of hydrogen-bond acceptors (Lipinski definition) is 4. The molecule has 4 N–H and O–H groups in total. The predicted octanol–water partition coefficient (Wildman–Crippen LogP) is 1.59. The molecule has 110 valence electrons. The first-order valence-corrected chi connectivity index (χ1v) is 6.80. The van der Waals surface area contributed by atoms with Crippen LogP contribution >= 0.6 is 0 Å². The van der Waals surface area contributed by atoms with Gasteiger partial charge in [0.05, 0.1) is 23.4 Å². The maximum Gasteiger partial charge on any atom is 0.0592 e. The lowest BCUT2D eigenvalue weighted by Crippen LogP contribution is -2.26. The molecule has 0 unspecified atom stereocenters. The van der Waals surface area contributed by atoms with Crippen LogP contribution in [0.1, 0.15) is 66.2 Å². The minimum atomic E-state index is -0.653. The Bertz CT molecular complexity index is 183. The Morgan fingerprint density at radius 3 is 1.11 bits per heavy atom. The summed E-state index contributed by atoms with van der Waals surface area (Å²) >= 11 is 0. The third-order valence-electron chi connectivity index (χ3n) is 3.01. The smallest absolute Gasteiger partial charge is 0.0592 e. The topological polar surface area (TPSA) is 80.9 Å². The summed E-state index contributed by atoms with van der Waals surface area (Å²) in [7, 11) is 0. The van der Waals surface area contributed by atoms with E-state index in [2.05, 4.69) is 0 Å². The Morgan fingerprint density at radius 1 is 0.722 bits per heavy atom. The van der Waals surface area contributed by atoms with Gasteiger partial charge < -0.3 is 20.4 Å². The fraction of sp³-hybridized carbons (Fsp3) is 1.00. The van der Waals surface area contributed by atoms with Gasteiger partial charge in [0, 0.05) is 0 Å². The Hall–Kier alpha value is -0.160. The van der Waals surface area contributed by atoms with Crippen molar-refractivity contribution in [1.82, 2.24) is 0 Å². The van der Waals surface area contributed by atoms with Gasteiger partial charge in [0.2, 0.25) is 0 Å². The van der Waals surface area contributed by atoms with Gasteiger partial charge in [-0.05, 0) is 66.2 Å². The monoisotopic (exact) mass is 262 g/mol. The van der Waals surface area contributed by atoms with Gasteiger partial charge in [-0.3, -0.25) is 0 Å². The quantitative estimate of drug-likeness (QED) is 0.622. The average molecular weight is 262 g/mol. The predicted molar refractivity (Wildman–Crippen MR) is 72.3 cm³/mol. The fourth-order valence-electron chi connectivity index (χ4n) is 1.67. The van der Waals surface area contributed by atoms with Crippen molar-refractivity contribution in [3.63, 3.8) is 0 Å². The molecule has 1 aliphatic rings. The van der Waals surface area contributed by atoms with E-state index in [9.17, 15) is 10.2 Å². The molecule has 0 saturated heterocycles. The molecule has 1 saturated carbocycles. The van der Waals surface area contributed by atoms with Crippen LogP contribution < -0.4 is 0 Å². The zero-order chi connectivity index (χ0) is 14.4. The third-order valence-corrected chi connectivity index (χ3v) is 3.01. The van der Waals surface area contributed by atoms with E-state index < -0.39 is 11.2 Å². The molecule has 0 heterocycles. The van der Waals surface area contributed by atoms with Crippen LogP contribution in [0.5, 0.6) is 0 Å². The van der Waals surface area contributed by atoms with E-state index in [1.165, 1.54) is 0 Å². The molecular formula is C14H30O4. The minimum Gasteiger partial charge on any atom is -0.393 e. The molecule has 4 heteroatoms. The second-order valence-electron chi connectivity index (χ2n) is 6.59. The Kier molecular flexibility index (Phi) is 7.37. The van der Waals surface area contributed by atoms with Crippen molar-refractivity contribution in [3.8, 4) is 0 Å². The highest BCUT2D eigenvalue weighted by Crippen LogP contribution is 2.18. The second kappa shape index (κ2) is 7.43. The molecule has 18 heavy (non-hydrogen) atoms. The lowest BCUT2D eigenvalue weighted by atomic mass is 9.94. The standard InChI is InChI=1S/C8H18O2.C6H12O2/c1-7(2,9)5-6-8(3,4)10;7-5-1-2-6(8)4-3-5/h9-10H,5-6H2,1-4H3;5-8H,1-4H2. The first-order chi connectivity index (χ1) is 7.99. The largest absolute Gasteiger partial charge is 0.393 e. The van der Waals surface area contributed by atoms with E-state index in [4.69, 9.17) is 10.2 Å². The molecule has 0 spiro atoms. The number of rotatable bonds is 3. The van der Waals surface area contributed by atoms with Gasteiger partial charge in [0.15, 0.2) is 0 Å². The average Bonchev–Trinajstić information content (AvgIpc) is 2.19. The minimum absolute atomic E-state index is 0.140. The van der Waals surface area contributed by atoms with Gasteiger partial charge in [-0.1, -0.05) is 0 Å². The summed E-state index contributed by atoms with van der Waals surface area (Å²) in [6.07, 6.45) is 4.11. The Balaban J connectivity index is 0.000000327. The first kappa shape index (κ1) is 17.8. The Morgan fingerprint density at radius 2 is 0.944 bits per heavy atom. The van der Waals surface area contributed by atoms with Crippen molar-refractivity contribution >= 4 is 0 Å². The van der Waals surface area contributed by atoms with E-state index in [-0.39, 0.29) is 12.2 Å². The number of hydrogen-bond donors (Lipinski definition) is 4. The van der Waals surface area contributed by atoms with Gasteiger partial charge in [0.25, 0.3) is 0 Å². The second-order valence-corrected chi connectivity index (χ2v) is 6.59. The lowest BCUT2D eigenvalue weighted by molar-refractivity contribution is 0.0169. The van der Waals surface area contributed by atoms with Crippen LogP contribution in [0.3, 0.4) is 0 Å². The summed E-state index contributed by atoms with van der Waals surface area (Å²) in [5, 5.41) is 36.4. The molecule has 0 aromatic rings. The van der Waals surface area contributed by atoms with Crippen molar-refractivity contribution < 1.29 is 20.4 Å². The molecule has 1 aliphatic carbocycles.